The predicted molar refractivity (Wildman–Crippen MR) is 147 cm³/mol. The molecule has 8 nitrogen and oxygen atoms in total. The second kappa shape index (κ2) is 11.2. The molecule has 1 unspecified atom stereocenters. The van der Waals surface area contributed by atoms with E-state index < -0.39 is 17.6 Å². The van der Waals surface area contributed by atoms with Gasteiger partial charge in [0, 0.05) is 35.2 Å². The highest BCUT2D eigenvalue weighted by Crippen LogP contribution is 2.27. The first-order valence-electron chi connectivity index (χ1n) is 12.9. The van der Waals surface area contributed by atoms with E-state index in [1.54, 1.807) is 42.5 Å². The van der Waals surface area contributed by atoms with Crippen molar-refractivity contribution in [3.05, 3.63) is 106 Å². The maximum absolute atomic E-state index is 15.4. The van der Waals surface area contributed by atoms with Crippen LogP contribution in [0.4, 0.5) is 8.78 Å². The highest BCUT2D eigenvalue weighted by atomic mass is 35.5. The fraction of sp³-hybridized carbons (Fsp3) is 0.200. The zero-order valence-corrected chi connectivity index (χ0v) is 22.3. The summed E-state index contributed by atoms with van der Waals surface area (Å²) >= 11 is 5.80. The summed E-state index contributed by atoms with van der Waals surface area (Å²) in [4.78, 5) is 24.8. The third-order valence-electron chi connectivity index (χ3n) is 6.86. The van der Waals surface area contributed by atoms with Gasteiger partial charge in [0.05, 0.1) is 18.3 Å². The smallest absolute Gasteiger partial charge is 0.354 e. The fourth-order valence-electron chi connectivity index (χ4n) is 4.62. The van der Waals surface area contributed by atoms with Gasteiger partial charge >= 0.3 is 5.97 Å². The monoisotopic (exact) mass is 576 g/mol. The van der Waals surface area contributed by atoms with E-state index in [1.807, 2.05) is 4.57 Å². The van der Waals surface area contributed by atoms with Gasteiger partial charge in [0.1, 0.15) is 29.6 Å². The Kier molecular flexibility index (Phi) is 7.34. The second-order valence-corrected chi connectivity index (χ2v) is 10.1. The van der Waals surface area contributed by atoms with Crippen LogP contribution >= 0.6 is 11.6 Å². The predicted octanol–water partition coefficient (Wildman–Crippen LogP) is 6.08. The Morgan fingerprint density at radius 2 is 1.90 bits per heavy atom. The number of nitrogens with zero attached hydrogens (tertiary/aromatic N) is 4. The topological polar surface area (TPSA) is 99.4 Å². The molecule has 0 saturated carbocycles. The summed E-state index contributed by atoms with van der Waals surface area (Å²) in [5.41, 5.74) is 2.56. The molecule has 4 heterocycles. The molecule has 0 spiro atoms. The van der Waals surface area contributed by atoms with Crippen molar-refractivity contribution >= 4 is 28.7 Å². The Balaban J connectivity index is 1.23. The molecule has 5 aromatic rings. The summed E-state index contributed by atoms with van der Waals surface area (Å²) in [5.74, 6) is -1.24. The highest BCUT2D eigenvalue weighted by Gasteiger charge is 2.23. The number of imidazole rings is 1. The van der Waals surface area contributed by atoms with Crippen LogP contribution in [0.1, 0.15) is 33.9 Å². The van der Waals surface area contributed by atoms with Crippen LogP contribution < -0.4 is 4.74 Å². The SMILES string of the molecule is O=C(O)c1ccc2nc(Cc3ccc(-c4cccc(OCc5ccc(Cl)cc5F)n4)c(F)c3)n(CC3CCO3)c2n1. The zero-order chi connectivity index (χ0) is 28.5. The summed E-state index contributed by atoms with van der Waals surface area (Å²) < 4.78 is 42.5. The molecule has 2 aromatic carbocycles. The molecule has 0 aliphatic carbocycles. The van der Waals surface area contributed by atoms with Crippen LogP contribution in [0.3, 0.4) is 0 Å². The Morgan fingerprint density at radius 1 is 1.05 bits per heavy atom. The third kappa shape index (κ3) is 5.75. The number of carboxylic acids is 1. The van der Waals surface area contributed by atoms with Gasteiger partial charge in [0.15, 0.2) is 11.3 Å². The van der Waals surface area contributed by atoms with E-state index in [4.69, 9.17) is 21.1 Å². The van der Waals surface area contributed by atoms with Gasteiger partial charge < -0.3 is 19.1 Å². The molecule has 1 fully saturated rings. The first-order valence-corrected chi connectivity index (χ1v) is 13.3. The van der Waals surface area contributed by atoms with E-state index in [-0.39, 0.29) is 29.8 Å². The quantitative estimate of drug-likeness (QED) is 0.227. The summed E-state index contributed by atoms with van der Waals surface area (Å²) in [5, 5.41) is 9.69. The lowest BCUT2D eigenvalue weighted by molar-refractivity contribution is -0.0590. The largest absolute Gasteiger partial charge is 0.477 e. The van der Waals surface area contributed by atoms with Crippen molar-refractivity contribution in [2.45, 2.75) is 32.1 Å². The van der Waals surface area contributed by atoms with E-state index in [2.05, 4.69) is 15.0 Å². The number of aromatic carboxylic acids is 1. The Morgan fingerprint density at radius 3 is 2.63 bits per heavy atom. The Hall–Kier alpha value is -4.41. The molecule has 1 N–H and O–H groups in total. The number of benzene rings is 2. The van der Waals surface area contributed by atoms with Gasteiger partial charge in [-0.2, -0.15) is 0 Å². The zero-order valence-electron chi connectivity index (χ0n) is 21.6. The summed E-state index contributed by atoms with van der Waals surface area (Å²) in [6.45, 7) is 1.08. The number of carboxylic acid groups (broad SMARTS) is 1. The van der Waals surface area contributed by atoms with Crippen LogP contribution in [0.2, 0.25) is 5.02 Å². The average Bonchev–Trinajstić information content (AvgIpc) is 3.26. The van der Waals surface area contributed by atoms with Gasteiger partial charge in [0.2, 0.25) is 5.88 Å². The number of carbonyl (C=O) groups is 1. The molecule has 3 aromatic heterocycles. The normalized spacial score (nSPS) is 14.7. The number of hydrogen-bond acceptors (Lipinski definition) is 6. The number of halogens is 3. The van der Waals surface area contributed by atoms with Crippen molar-refractivity contribution in [2.75, 3.05) is 6.61 Å². The van der Waals surface area contributed by atoms with Crippen molar-refractivity contribution in [3.63, 3.8) is 0 Å². The minimum Gasteiger partial charge on any atom is -0.477 e. The van der Waals surface area contributed by atoms with Crippen molar-refractivity contribution < 1.29 is 28.2 Å². The third-order valence-corrected chi connectivity index (χ3v) is 7.09. The molecule has 1 aliphatic rings. The van der Waals surface area contributed by atoms with Crippen LogP contribution in [0.5, 0.6) is 5.88 Å². The van der Waals surface area contributed by atoms with Crippen LogP contribution in [0.25, 0.3) is 22.4 Å². The molecule has 0 radical (unpaired) electrons. The number of ether oxygens (including phenoxy) is 2. The van der Waals surface area contributed by atoms with Gasteiger partial charge in [-0.15, -0.1) is 0 Å². The minimum atomic E-state index is -1.13. The number of rotatable bonds is 9. The summed E-state index contributed by atoms with van der Waals surface area (Å²) in [6.07, 6.45) is 1.16. The van der Waals surface area contributed by atoms with Crippen LogP contribution in [0.15, 0.2) is 66.7 Å². The Bertz CT molecular complexity index is 1770. The van der Waals surface area contributed by atoms with Crippen molar-refractivity contribution in [2.24, 2.45) is 0 Å². The molecule has 0 amide bonds. The first kappa shape index (κ1) is 26.8. The van der Waals surface area contributed by atoms with Gasteiger partial charge in [-0.05, 0) is 54.4 Å². The summed E-state index contributed by atoms with van der Waals surface area (Å²) in [7, 11) is 0. The first-order chi connectivity index (χ1) is 19.8. The number of fused-ring (bicyclic) bond motifs is 1. The lowest BCUT2D eigenvalue weighted by Crippen LogP contribution is -2.32. The van der Waals surface area contributed by atoms with Crippen molar-refractivity contribution in [1.82, 2.24) is 19.5 Å². The Labute approximate surface area is 238 Å². The molecular weight excluding hydrogens is 554 g/mol. The molecule has 11 heteroatoms. The maximum atomic E-state index is 15.4. The van der Waals surface area contributed by atoms with Gasteiger partial charge in [-0.3, -0.25) is 0 Å². The van der Waals surface area contributed by atoms with E-state index in [9.17, 15) is 14.3 Å². The van der Waals surface area contributed by atoms with Crippen LogP contribution in [0, 0.1) is 11.6 Å². The van der Waals surface area contributed by atoms with Gasteiger partial charge in [0.25, 0.3) is 0 Å². The lowest BCUT2D eigenvalue weighted by Gasteiger charge is -2.27. The van der Waals surface area contributed by atoms with Crippen LogP contribution in [-0.2, 0) is 24.3 Å². The van der Waals surface area contributed by atoms with Crippen molar-refractivity contribution in [3.8, 4) is 17.1 Å². The van der Waals surface area contributed by atoms with E-state index in [1.165, 1.54) is 24.3 Å². The molecule has 6 rings (SSSR count). The molecular formula is C30H23ClF2N4O4. The summed E-state index contributed by atoms with van der Waals surface area (Å²) in [6, 6.07) is 17.2. The molecule has 1 aliphatic heterocycles. The maximum Gasteiger partial charge on any atom is 0.354 e. The molecule has 1 atom stereocenters. The standard InChI is InChI=1S/C30H23ClF2N4O4/c31-19-6-5-18(22(32)14-19)16-41-28-3-1-2-24(35-28)21-7-4-17(12-23(21)33)13-27-34-25-8-9-26(30(38)39)36-29(25)37(27)15-20-10-11-40-20/h1-9,12,14,20H,10-11,13,15-16H2,(H,38,39). The number of pyridine rings is 2. The van der Waals surface area contributed by atoms with Gasteiger partial charge in [-0.1, -0.05) is 29.8 Å². The number of hydrogen-bond donors (Lipinski definition) is 1. The number of aromatic nitrogens is 4. The van der Waals surface area contributed by atoms with E-state index in [0.29, 0.717) is 58.4 Å². The minimum absolute atomic E-state index is 0.0164. The highest BCUT2D eigenvalue weighted by molar-refractivity contribution is 6.30. The van der Waals surface area contributed by atoms with E-state index >= 15 is 4.39 Å². The van der Waals surface area contributed by atoms with Crippen molar-refractivity contribution in [1.29, 1.82) is 0 Å². The fourth-order valence-corrected chi connectivity index (χ4v) is 4.78. The van der Waals surface area contributed by atoms with Crippen LogP contribution in [-0.4, -0.2) is 43.3 Å². The van der Waals surface area contributed by atoms with Gasteiger partial charge in [-0.25, -0.2) is 28.5 Å². The second-order valence-electron chi connectivity index (χ2n) is 9.64. The molecule has 0 bridgehead atoms. The molecule has 1 saturated heterocycles. The molecule has 208 valence electrons. The average molecular weight is 577 g/mol. The molecule has 41 heavy (non-hydrogen) atoms. The van der Waals surface area contributed by atoms with E-state index in [0.717, 1.165) is 6.42 Å². The lowest BCUT2D eigenvalue weighted by atomic mass is 10.1.